The molecule has 0 amide bonds. The van der Waals surface area contributed by atoms with Crippen molar-refractivity contribution < 1.29 is 12.6 Å². The molecule has 1 saturated carbocycles. The maximum absolute atomic E-state index is 11.2. The summed E-state index contributed by atoms with van der Waals surface area (Å²) in [7, 11) is -3.20. The van der Waals surface area contributed by atoms with Crippen LogP contribution in [-0.2, 0) is 14.3 Å². The van der Waals surface area contributed by atoms with Gasteiger partial charge in [0, 0.05) is 0 Å². The van der Waals surface area contributed by atoms with Gasteiger partial charge in [-0.2, -0.15) is 8.42 Å². The highest BCUT2D eigenvalue weighted by atomic mass is 32.2. The van der Waals surface area contributed by atoms with E-state index in [2.05, 4.69) is 0 Å². The molecule has 0 aromatic rings. The van der Waals surface area contributed by atoms with E-state index in [1.807, 2.05) is 6.08 Å². The third kappa shape index (κ3) is 0.448. The van der Waals surface area contributed by atoms with Gasteiger partial charge in [-0.25, -0.2) is 0 Å². The summed E-state index contributed by atoms with van der Waals surface area (Å²) in [5, 5.41) is 0. The Balaban J connectivity index is 2.25. The summed E-state index contributed by atoms with van der Waals surface area (Å²) in [6.07, 6.45) is 4.56. The monoisotopic (exact) mass is 172 g/mol. The first-order chi connectivity index (χ1) is 5.14. The molecule has 1 heterocycles. The zero-order valence-electron chi connectivity index (χ0n) is 5.91. The van der Waals surface area contributed by atoms with E-state index in [4.69, 9.17) is 4.18 Å². The van der Waals surface area contributed by atoms with E-state index in [0.29, 0.717) is 5.92 Å². The van der Waals surface area contributed by atoms with E-state index in [1.54, 1.807) is 0 Å². The van der Waals surface area contributed by atoms with Crippen LogP contribution in [0.4, 0.5) is 0 Å². The highest BCUT2D eigenvalue weighted by Crippen LogP contribution is 2.59. The third-order valence-corrected chi connectivity index (χ3v) is 4.95. The fourth-order valence-corrected chi connectivity index (χ4v) is 4.03. The van der Waals surface area contributed by atoms with E-state index in [1.165, 1.54) is 0 Å². The summed E-state index contributed by atoms with van der Waals surface area (Å²) in [6, 6.07) is 0. The lowest BCUT2D eigenvalue weighted by molar-refractivity contribution is 0.275. The van der Waals surface area contributed by atoms with Gasteiger partial charge in [-0.1, -0.05) is 0 Å². The number of fused-ring (bicyclic) bond motifs is 1. The number of hydrogen-bond donors (Lipinski definition) is 0. The number of hydrogen-bond acceptors (Lipinski definition) is 3. The van der Waals surface area contributed by atoms with Gasteiger partial charge in [0.25, 0.3) is 0 Å². The molecule has 2 aliphatic carbocycles. The van der Waals surface area contributed by atoms with Gasteiger partial charge in [0.15, 0.2) is 4.75 Å². The van der Waals surface area contributed by atoms with Crippen LogP contribution in [0.15, 0.2) is 11.8 Å². The Kier molecular flexibility index (Phi) is 0.745. The second-order valence-electron chi connectivity index (χ2n) is 3.57. The van der Waals surface area contributed by atoms with Gasteiger partial charge in [-0.05, 0) is 31.3 Å². The molecule has 1 saturated heterocycles. The van der Waals surface area contributed by atoms with Crippen LogP contribution >= 0.6 is 0 Å². The molecule has 0 aromatic carbocycles. The summed E-state index contributed by atoms with van der Waals surface area (Å²) in [5.74, 6) is 1.20. The largest absolute Gasteiger partial charge is 0.385 e. The quantitative estimate of drug-likeness (QED) is 0.507. The minimum atomic E-state index is -3.20. The van der Waals surface area contributed by atoms with E-state index < -0.39 is 14.9 Å². The van der Waals surface area contributed by atoms with E-state index in [9.17, 15) is 8.42 Å². The third-order valence-electron chi connectivity index (χ3n) is 3.03. The van der Waals surface area contributed by atoms with Crippen LogP contribution in [0, 0.1) is 5.92 Å². The molecular weight excluding hydrogens is 164 g/mol. The van der Waals surface area contributed by atoms with Crippen LogP contribution in [-0.4, -0.2) is 13.2 Å². The van der Waals surface area contributed by atoms with Crippen molar-refractivity contribution in [3.8, 4) is 0 Å². The minimum Gasteiger partial charge on any atom is -0.385 e. The van der Waals surface area contributed by atoms with Crippen molar-refractivity contribution in [2.45, 2.75) is 24.0 Å². The first kappa shape index (κ1) is 6.06. The molecule has 2 bridgehead atoms. The molecule has 2 fully saturated rings. The van der Waals surface area contributed by atoms with Crippen LogP contribution in [0.5, 0.6) is 0 Å². The van der Waals surface area contributed by atoms with Crippen molar-refractivity contribution in [3.63, 3.8) is 0 Å². The van der Waals surface area contributed by atoms with E-state index >= 15 is 0 Å². The Morgan fingerprint density at radius 3 is 2.91 bits per heavy atom. The van der Waals surface area contributed by atoms with Crippen molar-refractivity contribution in [1.29, 1.82) is 0 Å². The van der Waals surface area contributed by atoms with Gasteiger partial charge in [0.05, 0.1) is 0 Å². The van der Waals surface area contributed by atoms with Crippen LogP contribution in [0.2, 0.25) is 0 Å². The highest BCUT2D eigenvalue weighted by molar-refractivity contribution is 7.90. The first-order valence-corrected chi connectivity index (χ1v) is 5.21. The van der Waals surface area contributed by atoms with Crippen LogP contribution in [0.25, 0.3) is 0 Å². The molecular formula is C7H8O3S. The van der Waals surface area contributed by atoms with Crippen molar-refractivity contribution in [2.24, 2.45) is 5.92 Å². The molecule has 1 aliphatic heterocycles. The lowest BCUT2D eigenvalue weighted by Gasteiger charge is -2.37. The highest BCUT2D eigenvalue weighted by Gasteiger charge is 2.66. The molecule has 2 atom stereocenters. The molecule has 1 spiro atoms. The van der Waals surface area contributed by atoms with Gasteiger partial charge in [0.2, 0.25) is 0 Å². The standard InChI is InChI=1S/C7H8O3S/c8-11(9)7-2-1-5(4-7)3-6(7)10-11/h3,5H,1-2,4H2. The SMILES string of the molecule is O=S1(=O)OC2=CC3CCC21C3. The van der Waals surface area contributed by atoms with Crippen molar-refractivity contribution in [2.75, 3.05) is 0 Å². The van der Waals surface area contributed by atoms with Crippen LogP contribution < -0.4 is 0 Å². The fourth-order valence-electron chi connectivity index (χ4n) is 2.40. The molecule has 4 heteroatoms. The number of allylic oxidation sites excluding steroid dienone is 1. The summed E-state index contributed by atoms with van der Waals surface area (Å²) in [6.45, 7) is 0. The summed E-state index contributed by atoms with van der Waals surface area (Å²) < 4.78 is 26.6. The molecule has 11 heavy (non-hydrogen) atoms. The first-order valence-electron chi connectivity index (χ1n) is 3.80. The normalized spacial score (nSPS) is 49.1. The summed E-state index contributed by atoms with van der Waals surface area (Å²) in [4.78, 5) is 0. The van der Waals surface area contributed by atoms with Crippen LogP contribution in [0.3, 0.4) is 0 Å². The van der Waals surface area contributed by atoms with Crippen molar-refractivity contribution >= 4 is 10.1 Å². The lowest BCUT2D eigenvalue weighted by Crippen LogP contribution is -2.48. The molecule has 0 aromatic heterocycles. The summed E-state index contributed by atoms with van der Waals surface area (Å²) >= 11 is 0. The Morgan fingerprint density at radius 2 is 2.45 bits per heavy atom. The fraction of sp³-hybridized carbons (Fsp3) is 0.714. The maximum Gasteiger partial charge on any atom is 0.322 e. The topological polar surface area (TPSA) is 43.4 Å². The van der Waals surface area contributed by atoms with E-state index in [-0.39, 0.29) is 0 Å². The van der Waals surface area contributed by atoms with E-state index in [0.717, 1.165) is 25.0 Å². The molecule has 3 rings (SSSR count). The zero-order chi connectivity index (χ0) is 7.69. The van der Waals surface area contributed by atoms with Gasteiger partial charge < -0.3 is 4.18 Å². The van der Waals surface area contributed by atoms with Crippen molar-refractivity contribution in [3.05, 3.63) is 11.8 Å². The average Bonchev–Trinajstić information content (AvgIpc) is 2.42. The lowest BCUT2D eigenvalue weighted by atomic mass is 10.1. The average molecular weight is 172 g/mol. The predicted octanol–water partition coefficient (Wildman–Crippen LogP) is 0.783. The molecule has 0 radical (unpaired) electrons. The van der Waals surface area contributed by atoms with Crippen molar-refractivity contribution in [1.82, 2.24) is 0 Å². The molecule has 60 valence electrons. The van der Waals surface area contributed by atoms with Gasteiger partial charge in [-0.3, -0.25) is 0 Å². The smallest absolute Gasteiger partial charge is 0.322 e. The van der Waals surface area contributed by atoms with Gasteiger partial charge >= 0.3 is 10.1 Å². The predicted molar refractivity (Wildman–Crippen MR) is 38.2 cm³/mol. The Bertz CT molecular complexity index is 354. The molecule has 3 aliphatic rings. The Hall–Kier alpha value is -0.510. The van der Waals surface area contributed by atoms with Gasteiger partial charge in [-0.15, -0.1) is 0 Å². The zero-order valence-corrected chi connectivity index (χ0v) is 6.73. The minimum absolute atomic E-state index is 0.474. The number of rotatable bonds is 0. The molecule has 0 N–H and O–H groups in total. The maximum atomic E-state index is 11.2. The van der Waals surface area contributed by atoms with Crippen LogP contribution in [0.1, 0.15) is 19.3 Å². The molecule has 2 unspecified atom stereocenters. The second-order valence-corrected chi connectivity index (χ2v) is 5.42. The Morgan fingerprint density at radius 1 is 1.64 bits per heavy atom. The van der Waals surface area contributed by atoms with Gasteiger partial charge in [0.1, 0.15) is 5.76 Å². The Labute approximate surface area is 65.2 Å². The second kappa shape index (κ2) is 1.35. The summed E-state index contributed by atoms with van der Waals surface area (Å²) in [5.41, 5.74) is 0. The molecule has 3 nitrogen and oxygen atoms in total.